The third-order valence-electron chi connectivity index (χ3n) is 6.72. The molecule has 8 heteroatoms. The monoisotopic (exact) mass is 479 g/mol. The number of methoxy groups -OCH3 is 1. The molecule has 1 aliphatic heterocycles. The Balaban J connectivity index is 1.50. The van der Waals surface area contributed by atoms with Crippen molar-refractivity contribution in [2.45, 2.75) is 45.4 Å². The summed E-state index contributed by atoms with van der Waals surface area (Å²) in [5.41, 5.74) is 1.69. The van der Waals surface area contributed by atoms with Crippen LogP contribution in [-0.4, -0.2) is 52.5 Å². The number of aryl methyl sites for hydroxylation is 1. The Labute approximate surface area is 203 Å². The van der Waals surface area contributed by atoms with Gasteiger partial charge in [-0.1, -0.05) is 17.5 Å². The molecule has 2 aromatic rings. The average molecular weight is 480 g/mol. The van der Waals surface area contributed by atoms with E-state index in [-0.39, 0.29) is 30.3 Å². The summed E-state index contributed by atoms with van der Waals surface area (Å²) in [5, 5.41) is 0.305. The number of Topliss-reactive ketones (excluding diaryl/α,β-unsaturated/α-hetero) is 2. The quantitative estimate of drug-likeness (QED) is 0.492. The van der Waals surface area contributed by atoms with Crippen LogP contribution in [0.3, 0.4) is 0 Å². The number of likely N-dealkylation sites (tertiary alicyclic amines) is 1. The summed E-state index contributed by atoms with van der Waals surface area (Å²) in [6.07, 6.45) is 4.75. The minimum Gasteiger partial charge on any atom is -0.496 e. The fourth-order valence-corrected chi connectivity index (χ4v) is 5.29. The lowest BCUT2D eigenvalue weighted by atomic mass is 9.63. The number of hydrogen-bond donors (Lipinski definition) is 0. The maximum atomic E-state index is 13.3. The maximum Gasteiger partial charge on any atom is 0.274 e. The molecule has 176 valence electrons. The number of ether oxygens (including phenoxy) is 1. The van der Waals surface area contributed by atoms with Crippen LogP contribution in [0.1, 0.15) is 65.8 Å². The van der Waals surface area contributed by atoms with Crippen LogP contribution in [0.2, 0.25) is 5.02 Å². The average Bonchev–Trinajstić information content (AvgIpc) is 2.80. The molecule has 2 aliphatic rings. The van der Waals surface area contributed by atoms with Crippen molar-refractivity contribution >= 4 is 29.1 Å². The highest BCUT2D eigenvalue weighted by atomic mass is 35.5. The molecule has 1 saturated heterocycles. The second kappa shape index (κ2) is 9.55. The normalized spacial score (nSPS) is 17.9. The lowest BCUT2D eigenvalue weighted by molar-refractivity contribution is -0.138. The first-order chi connectivity index (χ1) is 16.3. The summed E-state index contributed by atoms with van der Waals surface area (Å²) in [5.74, 6) is 4.69. The Morgan fingerprint density at radius 2 is 1.82 bits per heavy atom. The van der Waals surface area contributed by atoms with Crippen molar-refractivity contribution in [1.82, 2.24) is 14.9 Å². The van der Waals surface area contributed by atoms with Crippen molar-refractivity contribution in [2.75, 3.05) is 20.2 Å². The predicted octanol–water partition coefficient (Wildman–Crippen LogP) is 3.76. The van der Waals surface area contributed by atoms with Gasteiger partial charge in [0, 0.05) is 48.3 Å². The number of aromatic nitrogens is 2. The Bertz CT molecular complexity index is 1190. The molecule has 1 saturated carbocycles. The first-order valence-corrected chi connectivity index (χ1v) is 11.6. The van der Waals surface area contributed by atoms with E-state index in [9.17, 15) is 14.4 Å². The van der Waals surface area contributed by atoms with E-state index < -0.39 is 11.3 Å². The van der Waals surface area contributed by atoms with E-state index in [0.29, 0.717) is 53.5 Å². The first-order valence-electron chi connectivity index (χ1n) is 11.2. The van der Waals surface area contributed by atoms with Crippen molar-refractivity contribution in [3.8, 4) is 17.6 Å². The summed E-state index contributed by atoms with van der Waals surface area (Å²) in [7, 11) is 1.49. The topological polar surface area (TPSA) is 89.5 Å². The predicted molar refractivity (Wildman–Crippen MR) is 127 cm³/mol. The summed E-state index contributed by atoms with van der Waals surface area (Å²) in [6, 6.07) is 3.37. The molecule has 0 radical (unpaired) electrons. The molecular weight excluding hydrogens is 454 g/mol. The third kappa shape index (κ3) is 4.55. The zero-order valence-electron chi connectivity index (χ0n) is 19.5. The van der Waals surface area contributed by atoms with E-state index in [0.717, 1.165) is 5.69 Å². The molecule has 4 rings (SSSR count). The minimum atomic E-state index is -0.945. The molecule has 1 amide bonds. The number of carbonyl (C=O) groups excluding carboxylic acids is 3. The lowest BCUT2D eigenvalue weighted by Crippen LogP contribution is -2.48. The first kappa shape index (κ1) is 23.9. The van der Waals surface area contributed by atoms with Gasteiger partial charge in [-0.15, -0.1) is 5.92 Å². The number of ketones is 2. The van der Waals surface area contributed by atoms with E-state index >= 15 is 0 Å². The number of carbonyl (C=O) groups is 3. The molecule has 1 aromatic heterocycles. The molecule has 1 spiro atoms. The van der Waals surface area contributed by atoms with Crippen LogP contribution < -0.4 is 4.74 Å². The summed E-state index contributed by atoms with van der Waals surface area (Å²) < 4.78 is 5.48. The molecule has 0 atom stereocenters. The number of benzene rings is 1. The summed E-state index contributed by atoms with van der Waals surface area (Å²) in [6.45, 7) is 4.46. The molecule has 0 N–H and O–H groups in total. The van der Waals surface area contributed by atoms with Crippen LogP contribution in [0.4, 0.5) is 0 Å². The number of hydrogen-bond acceptors (Lipinski definition) is 6. The van der Waals surface area contributed by atoms with Crippen molar-refractivity contribution in [1.29, 1.82) is 0 Å². The smallest absolute Gasteiger partial charge is 0.274 e. The minimum absolute atomic E-state index is 0.157. The largest absolute Gasteiger partial charge is 0.496 e. The van der Waals surface area contributed by atoms with Gasteiger partial charge in [0.1, 0.15) is 28.9 Å². The summed E-state index contributed by atoms with van der Waals surface area (Å²) >= 11 is 6.50. The summed E-state index contributed by atoms with van der Waals surface area (Å²) in [4.78, 5) is 49.5. The van der Waals surface area contributed by atoms with Crippen molar-refractivity contribution in [3.05, 3.63) is 52.1 Å². The molecule has 0 unspecified atom stereocenters. The highest BCUT2D eigenvalue weighted by Crippen LogP contribution is 2.48. The van der Waals surface area contributed by atoms with E-state index in [1.54, 1.807) is 30.2 Å². The maximum absolute atomic E-state index is 13.3. The van der Waals surface area contributed by atoms with Gasteiger partial charge < -0.3 is 9.64 Å². The SMILES string of the molecule is CC#Cc1cc(Cl)c(C2C(=O)CC3(CCN(C(=O)c4cnc(C)cn4)CC3)CC2=O)c(OC)c1. The number of piperidine rings is 1. The Kier molecular flexibility index (Phi) is 6.72. The van der Waals surface area contributed by atoms with Crippen molar-refractivity contribution in [2.24, 2.45) is 5.41 Å². The molecule has 34 heavy (non-hydrogen) atoms. The van der Waals surface area contributed by atoms with Gasteiger partial charge in [-0.05, 0) is 44.2 Å². The molecule has 7 nitrogen and oxygen atoms in total. The second-order valence-electron chi connectivity index (χ2n) is 9.00. The zero-order chi connectivity index (χ0) is 24.5. The molecule has 0 bridgehead atoms. The van der Waals surface area contributed by atoms with Crippen LogP contribution in [0.25, 0.3) is 0 Å². The van der Waals surface area contributed by atoms with Gasteiger partial charge >= 0.3 is 0 Å². The lowest BCUT2D eigenvalue weighted by Gasteiger charge is -2.44. The van der Waals surface area contributed by atoms with E-state index in [4.69, 9.17) is 16.3 Å². The fraction of sp³-hybridized carbons (Fsp3) is 0.423. The van der Waals surface area contributed by atoms with Gasteiger partial charge in [0.15, 0.2) is 0 Å². The highest BCUT2D eigenvalue weighted by molar-refractivity contribution is 6.32. The van der Waals surface area contributed by atoms with Crippen LogP contribution in [0.15, 0.2) is 24.5 Å². The van der Waals surface area contributed by atoms with E-state index in [1.807, 2.05) is 6.92 Å². The molecule has 1 aromatic carbocycles. The van der Waals surface area contributed by atoms with Gasteiger partial charge in [0.05, 0.1) is 19.0 Å². The van der Waals surface area contributed by atoms with Gasteiger partial charge in [0.2, 0.25) is 0 Å². The number of amides is 1. The number of rotatable bonds is 3. The zero-order valence-corrected chi connectivity index (χ0v) is 20.2. The second-order valence-corrected chi connectivity index (χ2v) is 9.41. The van der Waals surface area contributed by atoms with Gasteiger partial charge in [-0.2, -0.15) is 0 Å². The van der Waals surface area contributed by atoms with Crippen LogP contribution in [0.5, 0.6) is 5.75 Å². The number of nitrogens with zero attached hydrogens (tertiary/aromatic N) is 3. The molecular formula is C26H26ClN3O4. The Morgan fingerprint density at radius 3 is 2.38 bits per heavy atom. The molecule has 1 aliphatic carbocycles. The van der Waals surface area contributed by atoms with E-state index in [2.05, 4.69) is 21.8 Å². The molecule has 2 fully saturated rings. The van der Waals surface area contributed by atoms with Crippen LogP contribution >= 0.6 is 11.6 Å². The fourth-order valence-electron chi connectivity index (χ4n) is 4.97. The number of halogens is 1. The van der Waals surface area contributed by atoms with Crippen molar-refractivity contribution in [3.63, 3.8) is 0 Å². The highest BCUT2D eigenvalue weighted by Gasteiger charge is 2.48. The van der Waals surface area contributed by atoms with Crippen molar-refractivity contribution < 1.29 is 19.1 Å². The van der Waals surface area contributed by atoms with Crippen LogP contribution in [-0.2, 0) is 9.59 Å². The standard InChI is InChI=1S/C26H26ClN3O4/c1-4-5-17-10-18(27)23(22(11-17)34-3)24-20(31)12-26(13-21(24)32)6-8-30(9-7-26)25(33)19-15-28-16(2)14-29-19/h10-11,14-15,24H,6-9,12-13H2,1-3H3. The van der Waals surface area contributed by atoms with E-state index in [1.165, 1.54) is 13.3 Å². The van der Waals surface area contributed by atoms with Gasteiger partial charge in [-0.25, -0.2) is 4.98 Å². The van der Waals surface area contributed by atoms with Gasteiger partial charge in [0.25, 0.3) is 5.91 Å². The van der Waals surface area contributed by atoms with Crippen LogP contribution in [0, 0.1) is 24.2 Å². The molecule has 2 heterocycles. The third-order valence-corrected chi connectivity index (χ3v) is 7.04. The Morgan fingerprint density at radius 1 is 1.15 bits per heavy atom. The Hall–Kier alpha value is -3.24. The van der Waals surface area contributed by atoms with Gasteiger partial charge in [-0.3, -0.25) is 19.4 Å².